The van der Waals surface area contributed by atoms with E-state index in [0.29, 0.717) is 5.56 Å². The van der Waals surface area contributed by atoms with Gasteiger partial charge in [0.1, 0.15) is 0 Å². The van der Waals surface area contributed by atoms with Crippen molar-refractivity contribution < 1.29 is 27.1 Å². The Hall–Kier alpha value is -2.20. The number of nitro groups is 1. The van der Waals surface area contributed by atoms with Gasteiger partial charge in [-0.3, -0.25) is 10.1 Å². The van der Waals surface area contributed by atoms with E-state index in [9.17, 15) is 10.1 Å². The van der Waals surface area contributed by atoms with Crippen molar-refractivity contribution >= 4 is 5.69 Å². The number of hydrogen-bond acceptors (Lipinski definition) is 3. The van der Waals surface area contributed by atoms with Gasteiger partial charge in [-0.15, -0.1) is 29.8 Å². The fourth-order valence-electron chi connectivity index (χ4n) is 1.96. The number of rotatable bonds is 3. The van der Waals surface area contributed by atoms with Crippen molar-refractivity contribution in [3.63, 3.8) is 0 Å². The smallest absolute Gasteiger partial charge is 0.400 e. The molecule has 0 unspecified atom stereocenters. The minimum absolute atomic E-state index is 0. The Kier molecular flexibility index (Phi) is 7.26. The number of aliphatic hydroxyl groups excluding tert-OH is 1. The van der Waals surface area contributed by atoms with Gasteiger partial charge in [0, 0.05) is 11.5 Å². The summed E-state index contributed by atoms with van der Waals surface area (Å²) in [6, 6.07) is 21.9. The summed E-state index contributed by atoms with van der Waals surface area (Å²) in [5.41, 5.74) is 2.18. The van der Waals surface area contributed by atoms with Gasteiger partial charge in [0.25, 0.3) is 0 Å². The van der Waals surface area contributed by atoms with Gasteiger partial charge < -0.3 is 5.11 Å². The summed E-state index contributed by atoms with van der Waals surface area (Å²) in [5, 5.41) is 19.8. The Bertz CT molecular complexity index is 672. The molecule has 0 fully saturated rings. The normalized spacial score (nSPS) is 9.32. The third-order valence-electron chi connectivity index (χ3n) is 2.97. The fourth-order valence-corrected chi connectivity index (χ4v) is 1.96. The number of para-hydroxylation sites is 1. The largest absolute Gasteiger partial charge is 2.00 e. The van der Waals surface area contributed by atoms with Gasteiger partial charge in [0.15, 0.2) is 0 Å². The van der Waals surface area contributed by atoms with E-state index < -0.39 is 4.92 Å². The molecule has 5 heteroatoms. The Morgan fingerprint density at radius 3 is 2.32 bits per heavy atom. The first-order valence-electron chi connectivity index (χ1n) is 6.49. The molecular formula is C17H15FeNO3. The summed E-state index contributed by atoms with van der Waals surface area (Å²) in [7, 11) is 0. The SMILES string of the molecule is O=[N+]([O-])c1ccccc1-[c-]1ccc(CO)c1.[Fe+2].c1cc[cH-]c1. The third kappa shape index (κ3) is 4.67. The Balaban J connectivity index is 0.000000344. The molecule has 114 valence electrons. The van der Waals surface area contributed by atoms with Gasteiger partial charge in [0.05, 0.1) is 0 Å². The van der Waals surface area contributed by atoms with Crippen LogP contribution in [0.3, 0.4) is 0 Å². The monoisotopic (exact) mass is 337 g/mol. The molecule has 0 heterocycles. The second-order valence-electron chi connectivity index (χ2n) is 4.40. The molecule has 4 nitrogen and oxygen atoms in total. The van der Waals surface area contributed by atoms with Crippen molar-refractivity contribution in [1.82, 2.24) is 0 Å². The van der Waals surface area contributed by atoms with Gasteiger partial charge >= 0.3 is 17.1 Å². The molecule has 1 N–H and O–H groups in total. The van der Waals surface area contributed by atoms with Gasteiger partial charge in [0.2, 0.25) is 5.69 Å². The topological polar surface area (TPSA) is 63.4 Å². The zero-order valence-electron chi connectivity index (χ0n) is 11.7. The van der Waals surface area contributed by atoms with E-state index in [4.69, 9.17) is 5.11 Å². The van der Waals surface area contributed by atoms with Crippen LogP contribution in [-0.2, 0) is 23.7 Å². The average molecular weight is 337 g/mol. The molecule has 0 atom stereocenters. The van der Waals surface area contributed by atoms with E-state index in [1.165, 1.54) is 6.07 Å². The molecule has 0 aliphatic rings. The average Bonchev–Trinajstić information content (AvgIpc) is 3.21. The zero-order valence-corrected chi connectivity index (χ0v) is 12.8. The molecule has 22 heavy (non-hydrogen) atoms. The Morgan fingerprint density at radius 2 is 1.82 bits per heavy atom. The van der Waals surface area contributed by atoms with Crippen LogP contribution < -0.4 is 0 Å². The van der Waals surface area contributed by atoms with Gasteiger partial charge in [-0.2, -0.15) is 18.2 Å². The molecule has 3 aromatic carbocycles. The minimum atomic E-state index is -0.402. The van der Waals surface area contributed by atoms with Gasteiger partial charge in [-0.1, -0.05) is 17.7 Å². The van der Waals surface area contributed by atoms with Crippen LogP contribution in [0.25, 0.3) is 11.1 Å². The summed E-state index contributed by atoms with van der Waals surface area (Å²) in [6.45, 7) is -0.0549. The summed E-state index contributed by atoms with van der Waals surface area (Å²) in [5.74, 6) is 0. The molecule has 3 rings (SSSR count). The third-order valence-corrected chi connectivity index (χ3v) is 2.97. The maximum atomic E-state index is 10.8. The van der Waals surface area contributed by atoms with Crippen molar-refractivity contribution in [1.29, 1.82) is 0 Å². The molecule has 0 bridgehead atoms. The number of nitro benzene ring substituents is 1. The number of hydrogen-bond donors (Lipinski definition) is 1. The molecule has 0 radical (unpaired) electrons. The van der Waals surface area contributed by atoms with Gasteiger partial charge in [-0.05, 0) is 11.6 Å². The van der Waals surface area contributed by atoms with Crippen LogP contribution in [0.2, 0.25) is 0 Å². The van der Waals surface area contributed by atoms with E-state index in [0.717, 1.165) is 11.1 Å². The number of nitrogens with zero attached hydrogens (tertiary/aromatic N) is 1. The maximum Gasteiger partial charge on any atom is 2.00 e. The maximum absolute atomic E-state index is 10.8. The van der Waals surface area contributed by atoms with Crippen LogP contribution in [0.1, 0.15) is 5.56 Å². The number of aliphatic hydroxyl groups is 1. The minimum Gasteiger partial charge on any atom is -0.400 e. The zero-order chi connectivity index (χ0) is 15.1. The van der Waals surface area contributed by atoms with Crippen LogP contribution in [0, 0.1) is 10.1 Å². The molecule has 0 spiro atoms. The molecule has 3 aromatic rings. The summed E-state index contributed by atoms with van der Waals surface area (Å²) < 4.78 is 0. The van der Waals surface area contributed by atoms with Gasteiger partial charge in [-0.25, -0.2) is 12.1 Å². The summed E-state index contributed by atoms with van der Waals surface area (Å²) >= 11 is 0. The predicted octanol–water partition coefficient (Wildman–Crippen LogP) is 3.88. The van der Waals surface area contributed by atoms with Crippen LogP contribution in [0.15, 0.2) is 72.8 Å². The van der Waals surface area contributed by atoms with E-state index >= 15 is 0 Å². The molecule has 0 aliphatic heterocycles. The quantitative estimate of drug-likeness (QED) is 0.341. The standard InChI is InChI=1S/C12H10NO3.C5H5.Fe/c14-8-9-5-6-10(7-9)11-3-1-2-4-12(11)13(15)16;1-2-4-5-3-1;/h1-7,14H,8H2;1-5H;/q2*-1;+2. The van der Waals surface area contributed by atoms with Crippen LogP contribution in [-0.4, -0.2) is 10.0 Å². The first-order valence-corrected chi connectivity index (χ1v) is 6.49. The van der Waals surface area contributed by atoms with E-state index in [1.54, 1.807) is 36.4 Å². The van der Waals surface area contributed by atoms with E-state index in [1.807, 2.05) is 30.3 Å². The van der Waals surface area contributed by atoms with Crippen molar-refractivity contribution in [3.05, 3.63) is 88.5 Å². The molecule has 0 saturated carbocycles. The van der Waals surface area contributed by atoms with Crippen LogP contribution in [0.5, 0.6) is 0 Å². The molecule has 0 saturated heterocycles. The molecular weight excluding hydrogens is 322 g/mol. The van der Waals surface area contributed by atoms with Crippen molar-refractivity contribution in [3.8, 4) is 11.1 Å². The van der Waals surface area contributed by atoms with E-state index in [-0.39, 0.29) is 29.4 Å². The first-order chi connectivity index (χ1) is 10.2. The van der Waals surface area contributed by atoms with E-state index in [2.05, 4.69) is 0 Å². The molecule has 0 aromatic heterocycles. The van der Waals surface area contributed by atoms with Crippen LogP contribution in [0.4, 0.5) is 5.69 Å². The predicted molar refractivity (Wildman–Crippen MR) is 82.1 cm³/mol. The Morgan fingerprint density at radius 1 is 1.14 bits per heavy atom. The molecule has 0 aliphatic carbocycles. The first kappa shape index (κ1) is 17.8. The van der Waals surface area contributed by atoms with Crippen molar-refractivity contribution in [2.24, 2.45) is 0 Å². The number of benzene rings is 1. The van der Waals surface area contributed by atoms with Crippen LogP contribution >= 0.6 is 0 Å². The fraction of sp³-hybridized carbons (Fsp3) is 0.0588. The summed E-state index contributed by atoms with van der Waals surface area (Å²) in [6.07, 6.45) is 0. The second-order valence-corrected chi connectivity index (χ2v) is 4.40. The second kappa shape index (κ2) is 8.95. The summed E-state index contributed by atoms with van der Waals surface area (Å²) in [4.78, 5) is 10.4. The van der Waals surface area contributed by atoms with Crippen molar-refractivity contribution in [2.75, 3.05) is 0 Å². The Labute approximate surface area is 139 Å². The van der Waals surface area contributed by atoms with Crippen molar-refractivity contribution in [2.45, 2.75) is 6.61 Å². The molecule has 0 amide bonds.